The van der Waals surface area contributed by atoms with Crippen LogP contribution >= 0.6 is 0 Å². The maximum absolute atomic E-state index is 6.68. The van der Waals surface area contributed by atoms with Crippen LogP contribution in [-0.4, -0.2) is 0 Å². The van der Waals surface area contributed by atoms with Crippen LogP contribution in [0.4, 0.5) is 0 Å². The van der Waals surface area contributed by atoms with E-state index in [1.807, 2.05) is 30.4 Å². The Hall–Kier alpha value is -1.29. The van der Waals surface area contributed by atoms with Crippen molar-refractivity contribution in [1.82, 2.24) is 0 Å². The van der Waals surface area contributed by atoms with Crippen LogP contribution in [0.15, 0.2) is 36.1 Å². The van der Waals surface area contributed by atoms with E-state index < -0.39 is 0 Å². The number of hydrogen-bond donors (Lipinski definition) is 0. The second-order valence-corrected chi connectivity index (χ2v) is 1.79. The quantitative estimate of drug-likeness (QED) is 0.429. The van der Waals surface area contributed by atoms with Crippen molar-refractivity contribution in [3.8, 4) is 0 Å². The predicted octanol–water partition coefficient (Wildman–Crippen LogP) is 2.31. The number of nitrogens with zero attached hydrogens (tertiary/aromatic N) is 1. The molecule has 0 aliphatic heterocycles. The summed E-state index contributed by atoms with van der Waals surface area (Å²) in [5.41, 5.74) is 0.806. The average Bonchev–Trinajstić information content (AvgIpc) is 2.13. The van der Waals surface area contributed by atoms with Crippen LogP contribution in [0.3, 0.4) is 0 Å². The summed E-state index contributed by atoms with van der Waals surface area (Å²) in [5.74, 6) is 0. The zero-order valence-electron chi connectivity index (χ0n) is 5.04. The lowest BCUT2D eigenvalue weighted by Crippen LogP contribution is -1.66. The molecular formula is C8H7N. The summed E-state index contributed by atoms with van der Waals surface area (Å²) >= 11 is 0. The van der Waals surface area contributed by atoms with Crippen molar-refractivity contribution in [2.75, 3.05) is 0 Å². The van der Waals surface area contributed by atoms with Crippen molar-refractivity contribution in [2.45, 2.75) is 6.42 Å². The molecule has 0 saturated carbocycles. The van der Waals surface area contributed by atoms with E-state index in [0.717, 1.165) is 12.1 Å². The van der Waals surface area contributed by atoms with Crippen LogP contribution in [0.25, 0.3) is 4.85 Å². The lowest BCUT2D eigenvalue weighted by molar-refractivity contribution is 1.29. The van der Waals surface area contributed by atoms with Gasteiger partial charge >= 0.3 is 0 Å². The summed E-state index contributed by atoms with van der Waals surface area (Å²) in [6.07, 6.45) is 10.4. The molecule has 1 nitrogen and oxygen atoms in total. The summed E-state index contributed by atoms with van der Waals surface area (Å²) < 4.78 is 0. The highest BCUT2D eigenvalue weighted by Crippen LogP contribution is 2.06. The van der Waals surface area contributed by atoms with Crippen molar-refractivity contribution < 1.29 is 0 Å². The number of allylic oxidation sites excluding steroid dienone is 5. The SMILES string of the molecule is [C-]#[N+]C1=CC=CC=CC1. The first-order chi connectivity index (χ1) is 4.43. The third-order valence-electron chi connectivity index (χ3n) is 1.12. The molecule has 1 rings (SSSR count). The second kappa shape index (κ2) is 2.88. The second-order valence-electron chi connectivity index (χ2n) is 1.79. The Morgan fingerprint density at radius 2 is 2.22 bits per heavy atom. The lowest BCUT2D eigenvalue weighted by atomic mass is 10.3. The monoisotopic (exact) mass is 117 g/mol. The van der Waals surface area contributed by atoms with Gasteiger partial charge in [-0.3, -0.25) is 0 Å². The zero-order valence-corrected chi connectivity index (χ0v) is 5.04. The van der Waals surface area contributed by atoms with E-state index in [9.17, 15) is 0 Å². The standard InChI is InChI=1S/C8H7N/c1-9-8-6-4-2-3-5-7-8/h2-6H,7H2. The van der Waals surface area contributed by atoms with E-state index in [0.29, 0.717) is 0 Å². The Morgan fingerprint density at radius 3 is 3.00 bits per heavy atom. The van der Waals surface area contributed by atoms with E-state index in [4.69, 9.17) is 6.57 Å². The third kappa shape index (κ3) is 1.58. The highest BCUT2D eigenvalue weighted by molar-refractivity contribution is 5.26. The van der Waals surface area contributed by atoms with Crippen LogP contribution in [0, 0.1) is 6.57 Å². The predicted molar refractivity (Wildman–Crippen MR) is 37.6 cm³/mol. The maximum Gasteiger partial charge on any atom is 0.169 e. The molecule has 0 N–H and O–H groups in total. The summed E-state index contributed by atoms with van der Waals surface area (Å²) in [4.78, 5) is 3.32. The molecule has 0 unspecified atom stereocenters. The van der Waals surface area contributed by atoms with Crippen molar-refractivity contribution in [1.29, 1.82) is 0 Å². The molecule has 1 aliphatic carbocycles. The van der Waals surface area contributed by atoms with Crippen LogP contribution in [0.1, 0.15) is 6.42 Å². The molecule has 0 aromatic heterocycles. The fraction of sp³-hybridized carbons (Fsp3) is 0.125. The van der Waals surface area contributed by atoms with Crippen LogP contribution in [0.2, 0.25) is 0 Å². The molecule has 0 saturated heterocycles. The fourth-order valence-electron chi connectivity index (χ4n) is 0.649. The Balaban J connectivity index is 2.77. The van der Waals surface area contributed by atoms with Gasteiger partial charge in [-0.1, -0.05) is 30.4 Å². The summed E-state index contributed by atoms with van der Waals surface area (Å²) in [6, 6.07) is 0. The van der Waals surface area contributed by atoms with Crippen molar-refractivity contribution in [3.63, 3.8) is 0 Å². The average molecular weight is 117 g/mol. The van der Waals surface area contributed by atoms with Crippen LogP contribution < -0.4 is 0 Å². The molecule has 0 aromatic carbocycles. The van der Waals surface area contributed by atoms with Gasteiger partial charge in [-0.25, -0.2) is 4.85 Å². The Bertz CT molecular complexity index is 213. The summed E-state index contributed by atoms with van der Waals surface area (Å²) in [7, 11) is 0. The van der Waals surface area contributed by atoms with Gasteiger partial charge in [-0.15, -0.1) is 0 Å². The lowest BCUT2D eigenvalue weighted by Gasteiger charge is -1.83. The number of hydrogen-bond acceptors (Lipinski definition) is 0. The maximum atomic E-state index is 6.68. The van der Waals surface area contributed by atoms with Gasteiger partial charge in [0.15, 0.2) is 5.70 Å². The molecule has 0 amide bonds. The minimum Gasteiger partial charge on any atom is -0.242 e. The van der Waals surface area contributed by atoms with Crippen molar-refractivity contribution in [3.05, 3.63) is 47.5 Å². The third-order valence-corrected chi connectivity index (χ3v) is 1.12. The molecule has 0 heterocycles. The molecule has 0 bridgehead atoms. The van der Waals surface area contributed by atoms with Gasteiger partial charge in [-0.05, 0) is 6.42 Å². The minimum absolute atomic E-state index is 0.774. The molecule has 9 heavy (non-hydrogen) atoms. The van der Waals surface area contributed by atoms with E-state index in [2.05, 4.69) is 4.85 Å². The van der Waals surface area contributed by atoms with Crippen molar-refractivity contribution in [2.24, 2.45) is 0 Å². The molecule has 0 atom stereocenters. The molecule has 0 fully saturated rings. The Morgan fingerprint density at radius 1 is 1.33 bits per heavy atom. The molecule has 44 valence electrons. The van der Waals surface area contributed by atoms with Crippen LogP contribution in [-0.2, 0) is 0 Å². The first kappa shape index (κ1) is 5.84. The molecular weight excluding hydrogens is 110 g/mol. The smallest absolute Gasteiger partial charge is 0.169 e. The van der Waals surface area contributed by atoms with Gasteiger partial charge < -0.3 is 0 Å². The topological polar surface area (TPSA) is 4.36 Å². The minimum atomic E-state index is 0.774. The molecule has 0 radical (unpaired) electrons. The highest BCUT2D eigenvalue weighted by atomic mass is 14.6. The largest absolute Gasteiger partial charge is 0.242 e. The van der Waals surface area contributed by atoms with Gasteiger partial charge in [0.1, 0.15) is 0 Å². The summed E-state index contributed by atoms with van der Waals surface area (Å²) in [6.45, 7) is 6.68. The van der Waals surface area contributed by atoms with Gasteiger partial charge in [0, 0.05) is 0 Å². The normalized spacial score (nSPS) is 16.1. The Kier molecular flexibility index (Phi) is 1.87. The first-order valence-electron chi connectivity index (χ1n) is 2.83. The van der Waals surface area contributed by atoms with E-state index in [1.165, 1.54) is 0 Å². The Labute approximate surface area is 54.8 Å². The fourth-order valence-corrected chi connectivity index (χ4v) is 0.649. The molecule has 1 aliphatic rings. The van der Waals surface area contributed by atoms with Gasteiger partial charge in [0.05, 0.1) is 6.57 Å². The van der Waals surface area contributed by atoms with E-state index in [-0.39, 0.29) is 0 Å². The van der Waals surface area contributed by atoms with Gasteiger partial charge in [0.25, 0.3) is 0 Å². The molecule has 0 spiro atoms. The highest BCUT2D eigenvalue weighted by Gasteiger charge is 1.90. The van der Waals surface area contributed by atoms with Gasteiger partial charge in [-0.2, -0.15) is 0 Å². The van der Waals surface area contributed by atoms with Crippen molar-refractivity contribution >= 4 is 0 Å². The molecule has 0 aromatic rings. The van der Waals surface area contributed by atoms with Gasteiger partial charge in [0.2, 0.25) is 0 Å². The summed E-state index contributed by atoms with van der Waals surface area (Å²) in [5, 5.41) is 0. The van der Waals surface area contributed by atoms with Crippen LogP contribution in [0.5, 0.6) is 0 Å². The first-order valence-corrected chi connectivity index (χ1v) is 2.83. The molecule has 1 heteroatoms. The number of rotatable bonds is 0. The van der Waals surface area contributed by atoms with E-state index in [1.54, 1.807) is 0 Å². The van der Waals surface area contributed by atoms with E-state index >= 15 is 0 Å². The zero-order chi connectivity index (χ0) is 6.53.